The van der Waals surface area contributed by atoms with Gasteiger partial charge in [0.1, 0.15) is 12.4 Å². The summed E-state index contributed by atoms with van der Waals surface area (Å²) in [6.07, 6.45) is 3.84. The zero-order valence-corrected chi connectivity index (χ0v) is 15.9. The second-order valence-electron chi connectivity index (χ2n) is 6.81. The van der Waals surface area contributed by atoms with Crippen LogP contribution in [0.5, 0.6) is 0 Å². The van der Waals surface area contributed by atoms with Crippen molar-refractivity contribution in [3.8, 4) is 0 Å². The average Bonchev–Trinajstić information content (AvgIpc) is 3.19. The number of aliphatic imine (C=N–C) groups is 1. The monoisotopic (exact) mass is 346 g/mol. The Kier molecular flexibility index (Phi) is 7.03. The molecule has 0 aliphatic rings. The summed E-state index contributed by atoms with van der Waals surface area (Å²) in [5, 5.41) is 10.6. The van der Waals surface area contributed by atoms with Crippen LogP contribution in [-0.2, 0) is 19.6 Å². The molecular formula is C18H30N6O. The lowest BCUT2D eigenvalue weighted by molar-refractivity contribution is 0.372. The topological polar surface area (TPSA) is 80.3 Å². The highest BCUT2D eigenvalue weighted by Gasteiger charge is 2.09. The maximum Gasteiger partial charge on any atom is 0.192 e. The second kappa shape index (κ2) is 9.25. The molecule has 7 heteroatoms. The van der Waals surface area contributed by atoms with Crippen molar-refractivity contribution in [3.63, 3.8) is 0 Å². The summed E-state index contributed by atoms with van der Waals surface area (Å²) in [7, 11) is 0. The fourth-order valence-corrected chi connectivity index (χ4v) is 2.40. The lowest BCUT2D eigenvalue weighted by atomic mass is 10.1. The minimum absolute atomic E-state index is 0.360. The molecule has 25 heavy (non-hydrogen) atoms. The minimum Gasteiger partial charge on any atom is -0.359 e. The van der Waals surface area contributed by atoms with Gasteiger partial charge in [-0.3, -0.25) is 0 Å². The van der Waals surface area contributed by atoms with Crippen LogP contribution in [-0.4, -0.2) is 27.2 Å². The smallest absolute Gasteiger partial charge is 0.192 e. The van der Waals surface area contributed by atoms with Crippen molar-refractivity contribution in [1.29, 1.82) is 0 Å². The summed E-state index contributed by atoms with van der Waals surface area (Å²) in [6, 6.07) is 1.98. The Bertz CT molecular complexity index is 671. The van der Waals surface area contributed by atoms with Crippen LogP contribution < -0.4 is 10.6 Å². The molecule has 0 aromatic carbocycles. The van der Waals surface area contributed by atoms with Gasteiger partial charge in [0.2, 0.25) is 0 Å². The fourth-order valence-electron chi connectivity index (χ4n) is 2.40. The molecule has 138 valence electrons. The van der Waals surface area contributed by atoms with Gasteiger partial charge in [0.05, 0.1) is 12.2 Å². The summed E-state index contributed by atoms with van der Waals surface area (Å²) in [5.41, 5.74) is 0.967. The molecule has 0 atom stereocenters. The zero-order chi connectivity index (χ0) is 18.2. The van der Waals surface area contributed by atoms with Crippen LogP contribution in [0.1, 0.15) is 57.8 Å². The van der Waals surface area contributed by atoms with Crippen molar-refractivity contribution in [2.24, 2.45) is 10.9 Å². The van der Waals surface area contributed by atoms with Crippen molar-refractivity contribution in [1.82, 2.24) is 25.3 Å². The van der Waals surface area contributed by atoms with E-state index in [1.165, 1.54) is 0 Å². The molecule has 0 aliphatic heterocycles. The van der Waals surface area contributed by atoms with Gasteiger partial charge in [0.25, 0.3) is 0 Å². The van der Waals surface area contributed by atoms with Crippen LogP contribution in [0.15, 0.2) is 28.0 Å². The van der Waals surface area contributed by atoms with E-state index in [9.17, 15) is 0 Å². The van der Waals surface area contributed by atoms with E-state index in [0.717, 1.165) is 36.3 Å². The molecule has 2 aromatic rings. The maximum absolute atomic E-state index is 5.36. The van der Waals surface area contributed by atoms with Crippen LogP contribution >= 0.6 is 0 Å². The van der Waals surface area contributed by atoms with Gasteiger partial charge in [-0.25, -0.2) is 9.98 Å². The van der Waals surface area contributed by atoms with E-state index in [0.29, 0.717) is 24.9 Å². The van der Waals surface area contributed by atoms with Gasteiger partial charge < -0.3 is 19.7 Å². The minimum atomic E-state index is 0.360. The Hall–Kier alpha value is -2.31. The third-order valence-corrected chi connectivity index (χ3v) is 3.69. The molecule has 0 aliphatic carbocycles. The average molecular weight is 346 g/mol. The molecule has 0 unspecified atom stereocenters. The summed E-state index contributed by atoms with van der Waals surface area (Å²) in [4.78, 5) is 9.04. The van der Waals surface area contributed by atoms with Crippen molar-refractivity contribution >= 4 is 5.96 Å². The number of guanidine groups is 1. The number of nitrogens with one attached hydrogen (secondary N) is 2. The normalized spacial score (nSPS) is 12.2. The molecule has 2 N–H and O–H groups in total. The Morgan fingerprint density at radius 3 is 2.72 bits per heavy atom. The number of aromatic nitrogens is 3. The van der Waals surface area contributed by atoms with Crippen LogP contribution in [0.25, 0.3) is 0 Å². The SMILES string of the molecule is CCNC(=NCc1nccn1CC(C)C)NCc1cc(C(C)C)no1. The largest absolute Gasteiger partial charge is 0.359 e. The Balaban J connectivity index is 1.97. The summed E-state index contributed by atoms with van der Waals surface area (Å²) >= 11 is 0. The first-order valence-corrected chi connectivity index (χ1v) is 8.97. The summed E-state index contributed by atoms with van der Waals surface area (Å²) < 4.78 is 7.51. The van der Waals surface area contributed by atoms with Gasteiger partial charge in [0, 0.05) is 31.5 Å². The molecule has 0 saturated heterocycles. The van der Waals surface area contributed by atoms with E-state index in [-0.39, 0.29) is 0 Å². The highest BCUT2D eigenvalue weighted by Crippen LogP contribution is 2.13. The van der Waals surface area contributed by atoms with Gasteiger partial charge in [-0.15, -0.1) is 0 Å². The van der Waals surface area contributed by atoms with E-state index in [1.807, 2.05) is 25.4 Å². The lowest BCUT2D eigenvalue weighted by Gasteiger charge is -2.11. The molecule has 2 heterocycles. The molecule has 2 rings (SSSR count). The van der Waals surface area contributed by atoms with Crippen molar-refractivity contribution < 1.29 is 4.52 Å². The standard InChI is InChI=1S/C18H30N6O/c1-6-19-18(21-10-15-9-16(14(4)5)23-25-15)22-11-17-20-7-8-24(17)12-13(2)3/h7-9,13-14H,6,10-12H2,1-5H3,(H2,19,21,22). The van der Waals surface area contributed by atoms with E-state index >= 15 is 0 Å². The molecule has 0 saturated carbocycles. The zero-order valence-electron chi connectivity index (χ0n) is 15.9. The molecule has 2 aromatic heterocycles. The van der Waals surface area contributed by atoms with Crippen molar-refractivity contribution in [2.45, 2.75) is 60.2 Å². The van der Waals surface area contributed by atoms with Crippen molar-refractivity contribution in [2.75, 3.05) is 6.54 Å². The number of hydrogen-bond acceptors (Lipinski definition) is 4. The molecule has 7 nitrogen and oxygen atoms in total. The number of hydrogen-bond donors (Lipinski definition) is 2. The second-order valence-corrected chi connectivity index (χ2v) is 6.81. The number of rotatable bonds is 8. The number of imidazole rings is 1. The first-order valence-electron chi connectivity index (χ1n) is 8.97. The Labute approximate surface area is 149 Å². The fraction of sp³-hybridized carbons (Fsp3) is 0.611. The predicted octanol–water partition coefficient (Wildman–Crippen LogP) is 2.91. The Morgan fingerprint density at radius 1 is 1.28 bits per heavy atom. The highest BCUT2D eigenvalue weighted by atomic mass is 16.5. The van der Waals surface area contributed by atoms with Gasteiger partial charge in [-0.1, -0.05) is 32.9 Å². The first-order chi connectivity index (χ1) is 12.0. The van der Waals surface area contributed by atoms with Gasteiger partial charge in [-0.2, -0.15) is 0 Å². The molecule has 0 radical (unpaired) electrons. The van der Waals surface area contributed by atoms with Gasteiger partial charge >= 0.3 is 0 Å². The molecule has 0 amide bonds. The quantitative estimate of drug-likeness (QED) is 0.567. The van der Waals surface area contributed by atoms with E-state index in [1.54, 1.807) is 0 Å². The van der Waals surface area contributed by atoms with Crippen LogP contribution in [0.2, 0.25) is 0 Å². The van der Waals surface area contributed by atoms with Crippen LogP contribution in [0.4, 0.5) is 0 Å². The van der Waals surface area contributed by atoms with E-state index < -0.39 is 0 Å². The molecule has 0 spiro atoms. The maximum atomic E-state index is 5.36. The Morgan fingerprint density at radius 2 is 2.08 bits per heavy atom. The van der Waals surface area contributed by atoms with Crippen LogP contribution in [0.3, 0.4) is 0 Å². The molecular weight excluding hydrogens is 316 g/mol. The van der Waals surface area contributed by atoms with Gasteiger partial charge in [0.15, 0.2) is 11.7 Å². The molecule has 0 fully saturated rings. The first kappa shape index (κ1) is 19.0. The predicted molar refractivity (Wildman–Crippen MR) is 99.3 cm³/mol. The number of nitrogens with zero attached hydrogens (tertiary/aromatic N) is 4. The summed E-state index contributed by atoms with van der Waals surface area (Å²) in [6.45, 7) is 13.4. The van der Waals surface area contributed by atoms with Gasteiger partial charge in [-0.05, 0) is 18.8 Å². The van der Waals surface area contributed by atoms with Crippen LogP contribution in [0, 0.1) is 5.92 Å². The third kappa shape index (κ3) is 5.92. The third-order valence-electron chi connectivity index (χ3n) is 3.69. The van der Waals surface area contributed by atoms with E-state index in [2.05, 4.69) is 58.0 Å². The highest BCUT2D eigenvalue weighted by molar-refractivity contribution is 5.79. The van der Waals surface area contributed by atoms with E-state index in [4.69, 9.17) is 4.52 Å². The lowest BCUT2D eigenvalue weighted by Crippen LogP contribution is -2.36. The summed E-state index contributed by atoms with van der Waals surface area (Å²) in [5.74, 6) is 3.44. The van der Waals surface area contributed by atoms with Crippen molar-refractivity contribution in [3.05, 3.63) is 35.7 Å². The molecule has 0 bridgehead atoms.